The molecule has 0 aliphatic carbocycles. The molecule has 1 fully saturated rings. The number of nitrogens with zero attached hydrogens (tertiary/aromatic N) is 2. The molecule has 2 heterocycles. The fraction of sp³-hybridized carbons (Fsp3) is 0.435. The van der Waals surface area contributed by atoms with E-state index < -0.39 is 0 Å². The SMILES string of the molecule is CN=C(NCc1ccc2c(c1)OCCCO2)N1CC(C)OC(c2ccc(F)cc2)C1.I. The molecule has 0 spiro atoms. The van der Waals surface area contributed by atoms with Gasteiger partial charge in [0, 0.05) is 26.6 Å². The van der Waals surface area contributed by atoms with Crippen LogP contribution in [0.2, 0.25) is 0 Å². The Balaban J connectivity index is 0.00000272. The Morgan fingerprint density at radius 3 is 2.58 bits per heavy atom. The van der Waals surface area contributed by atoms with Crippen molar-refractivity contribution in [2.75, 3.05) is 33.4 Å². The number of guanidine groups is 1. The van der Waals surface area contributed by atoms with Gasteiger partial charge in [-0.25, -0.2) is 4.39 Å². The van der Waals surface area contributed by atoms with Gasteiger partial charge in [-0.2, -0.15) is 0 Å². The molecular weight excluding hydrogens is 512 g/mol. The summed E-state index contributed by atoms with van der Waals surface area (Å²) >= 11 is 0. The van der Waals surface area contributed by atoms with Crippen molar-refractivity contribution in [1.29, 1.82) is 0 Å². The molecule has 2 aliphatic heterocycles. The summed E-state index contributed by atoms with van der Waals surface area (Å²) in [5.41, 5.74) is 2.06. The van der Waals surface area contributed by atoms with Crippen molar-refractivity contribution in [2.45, 2.75) is 32.1 Å². The van der Waals surface area contributed by atoms with Crippen LogP contribution in [0.25, 0.3) is 0 Å². The zero-order valence-corrected chi connectivity index (χ0v) is 20.2. The van der Waals surface area contributed by atoms with Crippen LogP contribution in [0.3, 0.4) is 0 Å². The highest BCUT2D eigenvalue weighted by Gasteiger charge is 2.28. The number of hydrogen-bond acceptors (Lipinski definition) is 4. The summed E-state index contributed by atoms with van der Waals surface area (Å²) in [6, 6.07) is 12.5. The molecule has 8 heteroatoms. The minimum Gasteiger partial charge on any atom is -0.490 e. The second-order valence-corrected chi connectivity index (χ2v) is 7.62. The standard InChI is InChI=1S/C23H28FN3O3.HI/c1-16-14-27(15-22(30-16)18-5-7-19(24)8-6-18)23(25-2)26-13-17-4-9-20-21(12-17)29-11-3-10-28-20;/h4-9,12,16,22H,3,10-11,13-15H2,1-2H3,(H,25,26);1H. The first-order chi connectivity index (χ1) is 14.6. The van der Waals surface area contributed by atoms with Crippen molar-refractivity contribution in [2.24, 2.45) is 4.99 Å². The van der Waals surface area contributed by atoms with Crippen molar-refractivity contribution in [3.63, 3.8) is 0 Å². The molecule has 1 N–H and O–H groups in total. The molecule has 2 unspecified atom stereocenters. The molecule has 168 valence electrons. The molecule has 2 aliphatic rings. The minimum absolute atomic E-state index is 0. The van der Waals surface area contributed by atoms with E-state index in [4.69, 9.17) is 14.2 Å². The van der Waals surface area contributed by atoms with Gasteiger partial charge in [0.05, 0.1) is 25.9 Å². The summed E-state index contributed by atoms with van der Waals surface area (Å²) in [5.74, 6) is 2.15. The van der Waals surface area contributed by atoms with Crippen LogP contribution >= 0.6 is 24.0 Å². The van der Waals surface area contributed by atoms with Crippen LogP contribution in [0.1, 0.15) is 30.6 Å². The van der Waals surface area contributed by atoms with Gasteiger partial charge in [-0.3, -0.25) is 4.99 Å². The van der Waals surface area contributed by atoms with E-state index in [0.717, 1.165) is 41.6 Å². The highest BCUT2D eigenvalue weighted by Crippen LogP contribution is 2.30. The number of aliphatic imine (C=N–C) groups is 1. The molecule has 31 heavy (non-hydrogen) atoms. The van der Waals surface area contributed by atoms with Gasteiger partial charge in [0.2, 0.25) is 0 Å². The van der Waals surface area contributed by atoms with Gasteiger partial charge in [-0.05, 0) is 42.3 Å². The van der Waals surface area contributed by atoms with Crippen LogP contribution in [0.5, 0.6) is 11.5 Å². The molecule has 2 aromatic rings. The predicted octanol–water partition coefficient (Wildman–Crippen LogP) is 4.14. The molecule has 2 atom stereocenters. The first-order valence-corrected chi connectivity index (χ1v) is 10.4. The number of hydrogen-bond donors (Lipinski definition) is 1. The fourth-order valence-electron chi connectivity index (χ4n) is 3.82. The number of morpholine rings is 1. The lowest BCUT2D eigenvalue weighted by Gasteiger charge is -2.38. The topological polar surface area (TPSA) is 55.3 Å². The Morgan fingerprint density at radius 2 is 1.84 bits per heavy atom. The van der Waals surface area contributed by atoms with E-state index in [-0.39, 0.29) is 42.0 Å². The van der Waals surface area contributed by atoms with Crippen LogP contribution in [0, 0.1) is 5.82 Å². The highest BCUT2D eigenvalue weighted by molar-refractivity contribution is 14.0. The average molecular weight is 541 g/mol. The lowest BCUT2D eigenvalue weighted by atomic mass is 10.1. The van der Waals surface area contributed by atoms with Crippen LogP contribution in [-0.2, 0) is 11.3 Å². The van der Waals surface area contributed by atoms with Crippen molar-refractivity contribution < 1.29 is 18.6 Å². The summed E-state index contributed by atoms with van der Waals surface area (Å²) in [6.07, 6.45) is 0.788. The number of rotatable bonds is 3. The fourth-order valence-corrected chi connectivity index (χ4v) is 3.82. The minimum atomic E-state index is -0.243. The van der Waals surface area contributed by atoms with E-state index in [1.165, 1.54) is 12.1 Å². The Morgan fingerprint density at radius 1 is 1.10 bits per heavy atom. The van der Waals surface area contributed by atoms with Crippen LogP contribution in [0.15, 0.2) is 47.5 Å². The van der Waals surface area contributed by atoms with Crippen molar-refractivity contribution in [3.8, 4) is 11.5 Å². The molecular formula is C23H29FIN3O3. The Kier molecular flexibility index (Phi) is 8.36. The van der Waals surface area contributed by atoms with Gasteiger partial charge in [0.15, 0.2) is 17.5 Å². The normalized spacial score (nSPS) is 21.1. The van der Waals surface area contributed by atoms with E-state index in [9.17, 15) is 4.39 Å². The molecule has 0 amide bonds. The number of nitrogens with one attached hydrogen (secondary N) is 1. The zero-order valence-electron chi connectivity index (χ0n) is 17.8. The molecule has 4 rings (SSSR count). The molecule has 0 radical (unpaired) electrons. The monoisotopic (exact) mass is 541 g/mol. The molecule has 0 aromatic heterocycles. The largest absolute Gasteiger partial charge is 0.490 e. The molecule has 0 bridgehead atoms. The first-order valence-electron chi connectivity index (χ1n) is 10.4. The maximum atomic E-state index is 13.3. The van der Waals surface area contributed by atoms with Crippen molar-refractivity contribution >= 4 is 29.9 Å². The number of benzene rings is 2. The third kappa shape index (κ3) is 6.00. The van der Waals surface area contributed by atoms with E-state index in [2.05, 4.69) is 15.2 Å². The van der Waals surface area contributed by atoms with Crippen molar-refractivity contribution in [3.05, 3.63) is 59.4 Å². The quantitative estimate of drug-likeness (QED) is 0.360. The van der Waals surface area contributed by atoms with E-state index in [1.54, 1.807) is 19.2 Å². The van der Waals surface area contributed by atoms with Gasteiger partial charge in [0.25, 0.3) is 0 Å². The molecule has 1 saturated heterocycles. The molecule has 0 saturated carbocycles. The summed E-state index contributed by atoms with van der Waals surface area (Å²) in [6.45, 7) is 5.40. The van der Waals surface area contributed by atoms with E-state index in [0.29, 0.717) is 26.3 Å². The summed E-state index contributed by atoms with van der Waals surface area (Å²) in [5, 5.41) is 3.44. The molecule has 2 aromatic carbocycles. The second-order valence-electron chi connectivity index (χ2n) is 7.62. The molecule has 6 nitrogen and oxygen atoms in total. The summed E-state index contributed by atoms with van der Waals surface area (Å²) < 4.78 is 30.9. The third-order valence-electron chi connectivity index (χ3n) is 5.28. The van der Waals surface area contributed by atoms with Gasteiger partial charge < -0.3 is 24.4 Å². The van der Waals surface area contributed by atoms with Gasteiger partial charge >= 0.3 is 0 Å². The smallest absolute Gasteiger partial charge is 0.194 e. The highest BCUT2D eigenvalue weighted by atomic mass is 127. The third-order valence-corrected chi connectivity index (χ3v) is 5.28. The number of ether oxygens (including phenoxy) is 3. The zero-order chi connectivity index (χ0) is 20.9. The van der Waals surface area contributed by atoms with Gasteiger partial charge in [-0.1, -0.05) is 18.2 Å². The first kappa shape index (κ1) is 23.6. The summed E-state index contributed by atoms with van der Waals surface area (Å²) in [4.78, 5) is 6.65. The van der Waals surface area contributed by atoms with E-state index >= 15 is 0 Å². The number of halogens is 2. The van der Waals surface area contributed by atoms with Crippen LogP contribution in [0.4, 0.5) is 4.39 Å². The lowest BCUT2D eigenvalue weighted by Crippen LogP contribution is -2.50. The Bertz CT molecular complexity index is 894. The van der Waals surface area contributed by atoms with Crippen LogP contribution in [-0.4, -0.2) is 50.3 Å². The lowest BCUT2D eigenvalue weighted by molar-refractivity contribution is -0.0605. The predicted molar refractivity (Wildman–Crippen MR) is 129 cm³/mol. The van der Waals surface area contributed by atoms with Gasteiger partial charge in [0.1, 0.15) is 11.9 Å². The second kappa shape index (κ2) is 11.0. The van der Waals surface area contributed by atoms with E-state index in [1.807, 2.05) is 25.1 Å². The number of fused-ring (bicyclic) bond motifs is 1. The van der Waals surface area contributed by atoms with Gasteiger partial charge in [-0.15, -0.1) is 24.0 Å². The average Bonchev–Trinajstić information content (AvgIpc) is 2.99. The maximum Gasteiger partial charge on any atom is 0.194 e. The van der Waals surface area contributed by atoms with Crippen LogP contribution < -0.4 is 14.8 Å². The Hall–Kier alpha value is -2.07. The maximum absolute atomic E-state index is 13.3. The van der Waals surface area contributed by atoms with Crippen molar-refractivity contribution in [1.82, 2.24) is 10.2 Å². The Labute approximate surface area is 199 Å². The summed E-state index contributed by atoms with van der Waals surface area (Å²) in [7, 11) is 1.78.